The van der Waals surface area contributed by atoms with Crippen molar-refractivity contribution in [1.82, 2.24) is 15.5 Å². The highest BCUT2D eigenvalue weighted by Crippen LogP contribution is 2.61. The van der Waals surface area contributed by atoms with E-state index in [9.17, 15) is 14.4 Å². The highest BCUT2D eigenvalue weighted by molar-refractivity contribution is 6.09. The molecule has 0 spiro atoms. The standard InChI is InChI=1S/C24H31N3O3/c1-15(24-11-16-8-17(12-24)10-18(9-16)13-24)25-20(28)14-27-21(29)23(2,26-22(27)30)19-6-4-3-5-7-19/h3-7,15-18H,8-14H2,1-2H3,(H,25,28)(H,26,30)/t15-,16?,17?,18?,23-,24?/m0/s1. The maximum absolute atomic E-state index is 13.0. The molecule has 1 heterocycles. The van der Waals surface area contributed by atoms with Gasteiger partial charge in [0.1, 0.15) is 12.1 Å². The topological polar surface area (TPSA) is 78.5 Å². The Labute approximate surface area is 177 Å². The fourth-order valence-electron chi connectivity index (χ4n) is 7.10. The van der Waals surface area contributed by atoms with E-state index in [1.165, 1.54) is 38.5 Å². The first-order valence-electron chi connectivity index (χ1n) is 11.3. The number of carbonyl (C=O) groups is 3. The van der Waals surface area contributed by atoms with E-state index in [1.807, 2.05) is 30.3 Å². The number of urea groups is 1. The Morgan fingerprint density at radius 3 is 2.23 bits per heavy atom. The Bertz CT molecular complexity index is 848. The second kappa shape index (κ2) is 6.82. The molecule has 6 heteroatoms. The van der Waals surface area contributed by atoms with Crippen LogP contribution in [0.4, 0.5) is 4.79 Å². The number of imide groups is 1. The molecule has 4 saturated carbocycles. The summed E-state index contributed by atoms with van der Waals surface area (Å²) in [5, 5.41) is 5.93. The molecule has 1 aromatic carbocycles. The summed E-state index contributed by atoms with van der Waals surface area (Å²) in [7, 11) is 0. The van der Waals surface area contributed by atoms with Crippen molar-refractivity contribution < 1.29 is 14.4 Å². The Morgan fingerprint density at radius 1 is 1.10 bits per heavy atom. The predicted molar refractivity (Wildman–Crippen MR) is 112 cm³/mol. The lowest BCUT2D eigenvalue weighted by Crippen LogP contribution is -2.57. The maximum atomic E-state index is 13.0. The van der Waals surface area contributed by atoms with Gasteiger partial charge in [-0.25, -0.2) is 4.79 Å². The average molecular weight is 410 g/mol. The molecular formula is C24H31N3O3. The number of hydrogen-bond acceptors (Lipinski definition) is 3. The van der Waals surface area contributed by atoms with Gasteiger partial charge in [0.05, 0.1) is 0 Å². The molecular weight excluding hydrogens is 378 g/mol. The van der Waals surface area contributed by atoms with E-state index in [1.54, 1.807) is 6.92 Å². The van der Waals surface area contributed by atoms with Gasteiger partial charge < -0.3 is 10.6 Å². The molecule has 4 bridgehead atoms. The van der Waals surface area contributed by atoms with Gasteiger partial charge in [0.15, 0.2) is 0 Å². The van der Waals surface area contributed by atoms with Crippen molar-refractivity contribution in [1.29, 1.82) is 0 Å². The summed E-state index contributed by atoms with van der Waals surface area (Å²) in [5.41, 5.74) is -0.224. The lowest BCUT2D eigenvalue weighted by atomic mass is 9.48. The van der Waals surface area contributed by atoms with Crippen LogP contribution in [0.3, 0.4) is 0 Å². The van der Waals surface area contributed by atoms with Gasteiger partial charge in [-0.3, -0.25) is 14.5 Å². The molecule has 4 amide bonds. The summed E-state index contributed by atoms with van der Waals surface area (Å²) in [5.74, 6) is 1.81. The molecule has 0 unspecified atom stereocenters. The molecule has 5 aliphatic rings. The van der Waals surface area contributed by atoms with E-state index in [4.69, 9.17) is 0 Å². The highest BCUT2D eigenvalue weighted by atomic mass is 16.2. The SMILES string of the molecule is C[C@H](NC(=O)CN1C(=O)N[C@@](C)(c2ccccc2)C1=O)C12CC3CC(CC(C3)C1)C2. The van der Waals surface area contributed by atoms with Gasteiger partial charge in [-0.05, 0) is 81.1 Å². The second-order valence-corrected chi connectivity index (χ2v) is 10.4. The van der Waals surface area contributed by atoms with Crippen LogP contribution in [0, 0.1) is 23.2 Å². The van der Waals surface area contributed by atoms with Gasteiger partial charge in [-0.15, -0.1) is 0 Å². The van der Waals surface area contributed by atoms with Crippen molar-refractivity contribution in [2.24, 2.45) is 23.2 Å². The van der Waals surface area contributed by atoms with Crippen LogP contribution in [0.5, 0.6) is 0 Å². The number of benzene rings is 1. The third kappa shape index (κ3) is 3.03. The molecule has 160 valence electrons. The fraction of sp³-hybridized carbons (Fsp3) is 0.625. The van der Waals surface area contributed by atoms with Gasteiger partial charge in [0.25, 0.3) is 5.91 Å². The lowest BCUT2D eigenvalue weighted by molar-refractivity contribution is -0.136. The van der Waals surface area contributed by atoms with Crippen LogP contribution in [-0.2, 0) is 15.1 Å². The summed E-state index contributed by atoms with van der Waals surface area (Å²) < 4.78 is 0. The lowest BCUT2D eigenvalue weighted by Gasteiger charge is -2.59. The van der Waals surface area contributed by atoms with E-state index in [-0.39, 0.29) is 29.8 Å². The van der Waals surface area contributed by atoms with Crippen molar-refractivity contribution in [3.05, 3.63) is 35.9 Å². The predicted octanol–water partition coefficient (Wildman–Crippen LogP) is 3.17. The van der Waals surface area contributed by atoms with E-state index < -0.39 is 11.6 Å². The quantitative estimate of drug-likeness (QED) is 0.733. The second-order valence-electron chi connectivity index (χ2n) is 10.4. The van der Waals surface area contributed by atoms with E-state index in [2.05, 4.69) is 17.6 Å². The minimum Gasteiger partial charge on any atom is -0.352 e. The Kier molecular flexibility index (Phi) is 4.46. The van der Waals surface area contributed by atoms with Crippen LogP contribution in [0.25, 0.3) is 0 Å². The van der Waals surface area contributed by atoms with Crippen molar-refractivity contribution >= 4 is 17.8 Å². The first-order valence-corrected chi connectivity index (χ1v) is 11.3. The van der Waals surface area contributed by atoms with Crippen molar-refractivity contribution in [3.63, 3.8) is 0 Å². The molecule has 1 saturated heterocycles. The Morgan fingerprint density at radius 2 is 1.67 bits per heavy atom. The van der Waals surface area contributed by atoms with Gasteiger partial charge in [0.2, 0.25) is 5.91 Å². The van der Waals surface area contributed by atoms with Crippen LogP contribution in [0.2, 0.25) is 0 Å². The van der Waals surface area contributed by atoms with Crippen LogP contribution >= 0.6 is 0 Å². The first-order chi connectivity index (χ1) is 14.3. The van der Waals surface area contributed by atoms with E-state index in [0.717, 1.165) is 22.7 Å². The molecule has 30 heavy (non-hydrogen) atoms. The minimum absolute atomic E-state index is 0.0691. The van der Waals surface area contributed by atoms with Crippen LogP contribution in [0.15, 0.2) is 30.3 Å². The number of hydrogen-bond donors (Lipinski definition) is 2. The van der Waals surface area contributed by atoms with Crippen LogP contribution in [-0.4, -0.2) is 35.3 Å². The molecule has 1 aliphatic heterocycles. The monoisotopic (exact) mass is 409 g/mol. The molecule has 2 atom stereocenters. The molecule has 1 aromatic rings. The van der Waals surface area contributed by atoms with Gasteiger partial charge in [0, 0.05) is 6.04 Å². The van der Waals surface area contributed by atoms with Crippen molar-refractivity contribution in [3.8, 4) is 0 Å². The fourth-order valence-corrected chi connectivity index (χ4v) is 7.10. The van der Waals surface area contributed by atoms with Gasteiger partial charge in [-0.2, -0.15) is 0 Å². The summed E-state index contributed by atoms with van der Waals surface area (Å²) in [4.78, 5) is 39.5. The van der Waals surface area contributed by atoms with Crippen molar-refractivity contribution in [2.45, 2.75) is 64.0 Å². The number of nitrogens with one attached hydrogen (secondary N) is 2. The molecule has 6 nitrogen and oxygen atoms in total. The first kappa shape index (κ1) is 19.6. The average Bonchev–Trinajstić information content (AvgIpc) is 2.91. The smallest absolute Gasteiger partial charge is 0.325 e. The Hall–Kier alpha value is -2.37. The molecule has 2 N–H and O–H groups in total. The number of carbonyl (C=O) groups excluding carboxylic acids is 3. The summed E-state index contributed by atoms with van der Waals surface area (Å²) >= 11 is 0. The van der Waals surface area contributed by atoms with Crippen LogP contribution < -0.4 is 10.6 Å². The highest BCUT2D eigenvalue weighted by Gasteiger charge is 2.54. The molecule has 0 aromatic heterocycles. The summed E-state index contributed by atoms with van der Waals surface area (Å²) in [6.45, 7) is 3.58. The molecule has 5 fully saturated rings. The van der Waals surface area contributed by atoms with Gasteiger partial charge in [-0.1, -0.05) is 30.3 Å². The third-order valence-electron chi connectivity index (χ3n) is 8.31. The van der Waals surface area contributed by atoms with Crippen molar-refractivity contribution in [2.75, 3.05) is 6.54 Å². The maximum Gasteiger partial charge on any atom is 0.325 e. The normalized spacial score (nSPS) is 37.9. The summed E-state index contributed by atoms with van der Waals surface area (Å²) in [6.07, 6.45) is 7.70. The summed E-state index contributed by atoms with van der Waals surface area (Å²) in [6, 6.07) is 8.73. The zero-order valence-corrected chi connectivity index (χ0v) is 17.8. The largest absolute Gasteiger partial charge is 0.352 e. The number of nitrogens with zero attached hydrogens (tertiary/aromatic N) is 1. The van der Waals surface area contributed by atoms with Gasteiger partial charge >= 0.3 is 6.03 Å². The third-order valence-corrected chi connectivity index (χ3v) is 8.31. The zero-order valence-electron chi connectivity index (χ0n) is 17.8. The zero-order chi connectivity index (χ0) is 21.1. The molecule has 6 rings (SSSR count). The molecule has 0 radical (unpaired) electrons. The van der Waals surface area contributed by atoms with Crippen LogP contribution in [0.1, 0.15) is 57.9 Å². The van der Waals surface area contributed by atoms with E-state index >= 15 is 0 Å². The minimum atomic E-state index is -1.13. The molecule has 4 aliphatic carbocycles. The van der Waals surface area contributed by atoms with E-state index in [0.29, 0.717) is 5.56 Å². The number of rotatable bonds is 5. The Balaban J connectivity index is 1.26. The number of amides is 4.